The summed E-state index contributed by atoms with van der Waals surface area (Å²) in [4.78, 5) is 27.4. The fourth-order valence-electron chi connectivity index (χ4n) is 1.86. The monoisotopic (exact) mass is 343 g/mol. The van der Waals surface area contributed by atoms with E-state index in [4.69, 9.17) is 9.42 Å². The summed E-state index contributed by atoms with van der Waals surface area (Å²) < 4.78 is 4.71. The van der Waals surface area contributed by atoms with E-state index < -0.39 is 18.9 Å². The average molecular weight is 343 g/mol. The minimum absolute atomic E-state index is 0.318. The standard InChI is InChI=1S/C13H18N3O4PS/c1-9-2-4-10(5-3-9)11-6-15-12(16-11)13(14,7-17)8-20-21(18,19)22/h2-6,17H,7-8,14H2,1H3,(H,15,16)(H2,18,19,22). The highest BCUT2D eigenvalue weighted by Gasteiger charge is 2.35. The van der Waals surface area contributed by atoms with E-state index >= 15 is 0 Å². The molecule has 2 rings (SSSR count). The quantitative estimate of drug-likeness (QED) is 0.519. The molecule has 0 saturated heterocycles. The molecule has 9 heteroatoms. The second-order valence-corrected chi connectivity index (χ2v) is 7.77. The molecule has 0 amide bonds. The Morgan fingerprint density at radius 2 is 2.09 bits per heavy atom. The Labute approximate surface area is 133 Å². The van der Waals surface area contributed by atoms with Gasteiger partial charge in [-0.3, -0.25) is 0 Å². The molecular formula is C13H18N3O4PS. The van der Waals surface area contributed by atoms with Crippen molar-refractivity contribution in [2.45, 2.75) is 12.5 Å². The largest absolute Gasteiger partial charge is 0.780 e. The third kappa shape index (κ3) is 4.21. The molecule has 2 atom stereocenters. The SMILES string of the molecule is Cc1ccc(-c2cnc(C([NH3+])(CO)COP([O-])(O)=S)[nH]2)cc1. The Morgan fingerprint density at radius 3 is 2.64 bits per heavy atom. The molecule has 7 nitrogen and oxygen atoms in total. The van der Waals surface area contributed by atoms with Crippen LogP contribution in [0.25, 0.3) is 11.3 Å². The molecule has 1 aromatic carbocycles. The number of nitrogens with zero attached hydrogens (tertiary/aromatic N) is 1. The van der Waals surface area contributed by atoms with Crippen LogP contribution in [0.4, 0.5) is 0 Å². The summed E-state index contributed by atoms with van der Waals surface area (Å²) in [7, 11) is 0. The lowest BCUT2D eigenvalue weighted by atomic mass is 10.0. The van der Waals surface area contributed by atoms with E-state index in [2.05, 4.69) is 27.5 Å². The van der Waals surface area contributed by atoms with Crippen LogP contribution >= 0.6 is 6.72 Å². The maximum absolute atomic E-state index is 11.1. The highest BCUT2D eigenvalue weighted by atomic mass is 32.5. The van der Waals surface area contributed by atoms with Crippen molar-refractivity contribution in [2.75, 3.05) is 13.2 Å². The van der Waals surface area contributed by atoms with Gasteiger partial charge >= 0.3 is 0 Å². The first-order valence-electron chi connectivity index (χ1n) is 6.51. The highest BCUT2D eigenvalue weighted by Crippen LogP contribution is 2.33. The van der Waals surface area contributed by atoms with Crippen LogP contribution in [0.15, 0.2) is 30.5 Å². The number of quaternary nitrogens is 1. The summed E-state index contributed by atoms with van der Waals surface area (Å²) in [6, 6.07) is 7.83. The third-order valence-corrected chi connectivity index (χ3v) is 4.02. The van der Waals surface area contributed by atoms with E-state index in [-0.39, 0.29) is 6.61 Å². The average Bonchev–Trinajstić information content (AvgIpc) is 2.95. The van der Waals surface area contributed by atoms with Gasteiger partial charge in [0.15, 0.2) is 11.4 Å². The zero-order valence-corrected chi connectivity index (χ0v) is 13.7. The molecule has 0 bridgehead atoms. The number of aliphatic hydroxyl groups excluding tert-OH is 1. The second-order valence-electron chi connectivity index (χ2n) is 5.19. The number of aromatic amines is 1. The molecule has 6 N–H and O–H groups in total. The molecule has 0 saturated carbocycles. The summed E-state index contributed by atoms with van der Waals surface area (Å²) in [5.41, 5.74) is 5.47. The minimum atomic E-state index is -4.06. The smallest absolute Gasteiger partial charge is 0.200 e. The van der Waals surface area contributed by atoms with Gasteiger partial charge in [0.25, 0.3) is 0 Å². The van der Waals surface area contributed by atoms with Gasteiger partial charge in [0.1, 0.15) is 19.9 Å². The number of aliphatic hydroxyl groups is 1. The van der Waals surface area contributed by atoms with Gasteiger partial charge in [-0.25, -0.2) is 4.98 Å². The highest BCUT2D eigenvalue weighted by molar-refractivity contribution is 8.06. The molecule has 2 unspecified atom stereocenters. The van der Waals surface area contributed by atoms with E-state index in [1.165, 1.54) is 0 Å². The van der Waals surface area contributed by atoms with Crippen molar-refractivity contribution in [3.8, 4) is 11.3 Å². The van der Waals surface area contributed by atoms with Gasteiger partial charge in [-0.05, 0) is 12.5 Å². The van der Waals surface area contributed by atoms with Gasteiger partial charge in [-0.2, -0.15) is 0 Å². The lowest BCUT2D eigenvalue weighted by Gasteiger charge is -2.26. The van der Waals surface area contributed by atoms with Crippen molar-refractivity contribution < 1.29 is 25.2 Å². The van der Waals surface area contributed by atoms with Crippen molar-refractivity contribution in [3.05, 3.63) is 41.9 Å². The summed E-state index contributed by atoms with van der Waals surface area (Å²) >= 11 is 4.29. The van der Waals surface area contributed by atoms with Crippen molar-refractivity contribution in [3.63, 3.8) is 0 Å². The molecule has 0 aliphatic heterocycles. The number of imidazole rings is 1. The molecule has 1 heterocycles. The number of hydrogen-bond acceptors (Lipinski definition) is 5. The summed E-state index contributed by atoms with van der Waals surface area (Å²) in [5, 5.41) is 9.54. The van der Waals surface area contributed by atoms with Crippen molar-refractivity contribution in [1.29, 1.82) is 0 Å². The molecule has 0 fully saturated rings. The lowest BCUT2D eigenvalue weighted by molar-refractivity contribution is -0.501. The van der Waals surface area contributed by atoms with E-state index in [9.17, 15) is 10.00 Å². The third-order valence-electron chi connectivity index (χ3n) is 3.25. The summed E-state index contributed by atoms with van der Waals surface area (Å²) in [6.07, 6.45) is 1.61. The van der Waals surface area contributed by atoms with Crippen LogP contribution in [0.1, 0.15) is 11.4 Å². The first-order valence-corrected chi connectivity index (χ1v) is 9.10. The zero-order chi connectivity index (χ0) is 16.4. The van der Waals surface area contributed by atoms with E-state index in [1.54, 1.807) is 6.20 Å². The fraction of sp³-hybridized carbons (Fsp3) is 0.308. The fourth-order valence-corrected chi connectivity index (χ4v) is 2.43. The first kappa shape index (κ1) is 17.2. The Bertz CT molecular complexity index is 685. The van der Waals surface area contributed by atoms with Crippen LogP contribution in [0.5, 0.6) is 0 Å². The van der Waals surface area contributed by atoms with E-state index in [0.29, 0.717) is 5.82 Å². The predicted molar refractivity (Wildman–Crippen MR) is 82.9 cm³/mol. The van der Waals surface area contributed by atoms with Crippen LogP contribution in [-0.2, 0) is 21.9 Å². The van der Waals surface area contributed by atoms with Crippen LogP contribution in [0.3, 0.4) is 0 Å². The Kier molecular flexibility index (Phi) is 5.14. The summed E-state index contributed by atoms with van der Waals surface area (Å²) in [6.45, 7) is -2.80. The van der Waals surface area contributed by atoms with Gasteiger partial charge in [-0.15, -0.1) is 0 Å². The topological polar surface area (TPSA) is 129 Å². The van der Waals surface area contributed by atoms with Gasteiger partial charge in [-0.1, -0.05) is 41.6 Å². The molecule has 0 aliphatic rings. The first-order chi connectivity index (χ1) is 10.2. The lowest BCUT2D eigenvalue weighted by Crippen LogP contribution is -2.74. The van der Waals surface area contributed by atoms with Gasteiger partial charge in [0.2, 0.25) is 0 Å². The van der Waals surface area contributed by atoms with E-state index in [0.717, 1.165) is 16.8 Å². The minimum Gasteiger partial charge on any atom is -0.780 e. The molecule has 0 spiro atoms. The number of H-pyrrole nitrogens is 1. The Balaban J connectivity index is 2.24. The normalized spacial score (nSPS) is 17.0. The van der Waals surface area contributed by atoms with Gasteiger partial charge in [0.05, 0.1) is 11.9 Å². The van der Waals surface area contributed by atoms with E-state index in [1.807, 2.05) is 31.2 Å². The second kappa shape index (κ2) is 6.55. The van der Waals surface area contributed by atoms with Crippen molar-refractivity contribution >= 4 is 18.5 Å². The summed E-state index contributed by atoms with van der Waals surface area (Å²) in [5.74, 6) is 0.356. The molecule has 22 heavy (non-hydrogen) atoms. The number of hydrogen-bond donors (Lipinski definition) is 4. The number of benzene rings is 1. The van der Waals surface area contributed by atoms with Crippen molar-refractivity contribution in [2.24, 2.45) is 0 Å². The number of aryl methyl sites for hydroxylation is 1. The van der Waals surface area contributed by atoms with Crippen LogP contribution in [-0.4, -0.2) is 33.2 Å². The van der Waals surface area contributed by atoms with Gasteiger partial charge in [0, 0.05) is 0 Å². The molecule has 2 aromatic rings. The maximum Gasteiger partial charge on any atom is 0.200 e. The van der Waals surface area contributed by atoms with Crippen molar-refractivity contribution in [1.82, 2.24) is 9.97 Å². The Morgan fingerprint density at radius 1 is 1.45 bits per heavy atom. The maximum atomic E-state index is 11.1. The Hall–Kier alpha value is -1.12. The molecule has 0 radical (unpaired) electrons. The van der Waals surface area contributed by atoms with Crippen LogP contribution in [0, 0.1) is 6.92 Å². The zero-order valence-electron chi connectivity index (χ0n) is 12.0. The van der Waals surface area contributed by atoms with Crippen LogP contribution in [0.2, 0.25) is 0 Å². The number of aromatic nitrogens is 2. The molecule has 120 valence electrons. The predicted octanol–water partition coefficient (Wildman–Crippen LogP) is -0.592. The molecule has 1 aromatic heterocycles. The molecule has 0 aliphatic carbocycles. The number of rotatable bonds is 6. The van der Waals surface area contributed by atoms with Crippen LogP contribution < -0.4 is 10.6 Å². The molecular weight excluding hydrogens is 325 g/mol. The number of nitrogens with one attached hydrogen (secondary N) is 1. The van der Waals surface area contributed by atoms with Gasteiger partial charge < -0.3 is 30.1 Å².